The van der Waals surface area contributed by atoms with E-state index in [0.717, 1.165) is 0 Å². The maximum atomic E-state index is 3.54. The van der Waals surface area contributed by atoms with Gasteiger partial charge in [-0.15, -0.1) is 0 Å². The molecule has 2 rings (SSSR count). The van der Waals surface area contributed by atoms with Gasteiger partial charge in [0.1, 0.15) is 0 Å². The van der Waals surface area contributed by atoms with Crippen molar-refractivity contribution < 1.29 is 58.9 Å². The molecule has 0 heterocycles. The molecule has 0 radical (unpaired) electrons. The fourth-order valence-electron chi connectivity index (χ4n) is 2.72. The molecule has 1 aromatic carbocycles. The molecule has 1 aliphatic carbocycles. The summed E-state index contributed by atoms with van der Waals surface area (Å²) in [6.07, 6.45) is 3.54. The van der Waals surface area contributed by atoms with Crippen LogP contribution in [0.15, 0.2) is 34.5 Å². The van der Waals surface area contributed by atoms with Gasteiger partial charge in [-0.05, 0) is 13.8 Å². The molecule has 0 N–H and O–H groups in total. The standard InChI is InChI=1S/C16H21Si.3ClH.Ti/c1-10-6-11(2)8-15(7-10)17-16-13(4)9-12(3)14(16)5;;;;/h6-8,12H,17H2,1-5H3;3*1H;/q-1;;;;+4/p-3. The molecule has 0 fully saturated rings. The predicted molar refractivity (Wildman–Crippen MR) is 78.4 cm³/mol. The molecule has 0 saturated carbocycles. The molecule has 0 amide bonds. The molecule has 0 saturated heterocycles. The summed E-state index contributed by atoms with van der Waals surface area (Å²) >= 11 is 0. The second-order valence-corrected chi connectivity index (χ2v) is 7.20. The Morgan fingerprint density at radius 2 is 1.38 bits per heavy atom. The van der Waals surface area contributed by atoms with Crippen LogP contribution in [-0.2, 0) is 21.7 Å². The van der Waals surface area contributed by atoms with E-state index in [-0.39, 0.29) is 68.5 Å². The molecule has 0 nitrogen and oxygen atoms in total. The minimum Gasteiger partial charge on any atom is -1.00 e. The fraction of sp³-hybridized carbons (Fsp3) is 0.375. The molecule has 1 atom stereocenters. The Bertz CT molecular complexity index is 504. The van der Waals surface area contributed by atoms with E-state index in [2.05, 4.69) is 58.9 Å². The van der Waals surface area contributed by atoms with Gasteiger partial charge in [-0.25, -0.2) is 5.57 Å². The maximum Gasteiger partial charge on any atom is 4.00 e. The first-order chi connectivity index (χ1) is 7.97. The van der Waals surface area contributed by atoms with E-state index in [1.54, 1.807) is 16.0 Å². The van der Waals surface area contributed by atoms with Gasteiger partial charge in [0.2, 0.25) is 0 Å². The third-order valence-corrected chi connectivity index (χ3v) is 5.93. The van der Waals surface area contributed by atoms with E-state index in [0.29, 0.717) is 5.92 Å². The van der Waals surface area contributed by atoms with Crippen LogP contribution in [0.3, 0.4) is 0 Å². The number of hydrogen-bond acceptors (Lipinski definition) is 0. The minimum atomic E-state index is -0.324. The molecule has 5 heteroatoms. The molecule has 1 aliphatic rings. The number of aryl methyl sites for hydroxylation is 2. The first-order valence-electron chi connectivity index (χ1n) is 6.34. The van der Waals surface area contributed by atoms with E-state index in [1.165, 1.54) is 16.7 Å². The van der Waals surface area contributed by atoms with E-state index in [4.69, 9.17) is 0 Å². The summed E-state index contributed by atoms with van der Waals surface area (Å²) in [7, 11) is -0.324. The number of benzene rings is 1. The topological polar surface area (TPSA) is 0 Å². The quantitative estimate of drug-likeness (QED) is 0.345. The van der Waals surface area contributed by atoms with Gasteiger partial charge in [-0.1, -0.05) is 61.2 Å². The monoisotopic (exact) mass is 394 g/mol. The van der Waals surface area contributed by atoms with Gasteiger partial charge >= 0.3 is 21.7 Å². The molecule has 0 aliphatic heterocycles. The second kappa shape index (κ2) is 11.1. The number of halogens is 3. The van der Waals surface area contributed by atoms with Crippen LogP contribution in [-0.4, -0.2) is 9.52 Å². The van der Waals surface area contributed by atoms with Crippen molar-refractivity contribution >= 4 is 14.7 Å². The van der Waals surface area contributed by atoms with Crippen molar-refractivity contribution in [2.45, 2.75) is 34.6 Å². The Morgan fingerprint density at radius 1 is 0.905 bits per heavy atom. The summed E-state index contributed by atoms with van der Waals surface area (Å²) in [5, 5.41) is 3.19. The van der Waals surface area contributed by atoms with Crippen molar-refractivity contribution in [3.63, 3.8) is 0 Å². The zero-order chi connectivity index (χ0) is 12.6. The van der Waals surface area contributed by atoms with E-state index < -0.39 is 0 Å². The largest absolute Gasteiger partial charge is 4.00 e. The molecular formula is C16H21Cl3SiTi. The molecule has 0 spiro atoms. The van der Waals surface area contributed by atoms with Gasteiger partial charge in [0.05, 0.1) is 0 Å². The average Bonchev–Trinajstić information content (AvgIpc) is 2.44. The van der Waals surface area contributed by atoms with Gasteiger partial charge in [-0.3, -0.25) is 6.08 Å². The number of allylic oxidation sites excluding steroid dienone is 4. The minimum absolute atomic E-state index is 0. The smallest absolute Gasteiger partial charge is 1.00 e. The Kier molecular flexibility index (Phi) is 14.0. The number of hydrogen-bond donors (Lipinski definition) is 0. The van der Waals surface area contributed by atoms with Crippen LogP contribution in [0.4, 0.5) is 0 Å². The Balaban J connectivity index is -0.000000810. The predicted octanol–water partition coefficient (Wildman–Crippen LogP) is -6.22. The van der Waals surface area contributed by atoms with Crippen molar-refractivity contribution in [1.29, 1.82) is 0 Å². The number of rotatable bonds is 2. The summed E-state index contributed by atoms with van der Waals surface area (Å²) in [4.78, 5) is 0. The summed E-state index contributed by atoms with van der Waals surface area (Å²) in [5.74, 6) is 0.531. The molecular weight excluding hydrogens is 374 g/mol. The van der Waals surface area contributed by atoms with Crippen LogP contribution in [0.25, 0.3) is 0 Å². The van der Waals surface area contributed by atoms with Gasteiger partial charge in [0.15, 0.2) is 0 Å². The average molecular weight is 396 g/mol. The molecule has 114 valence electrons. The summed E-state index contributed by atoms with van der Waals surface area (Å²) < 4.78 is 0. The van der Waals surface area contributed by atoms with Crippen LogP contribution in [0.5, 0.6) is 0 Å². The molecule has 1 unspecified atom stereocenters. The fourth-order valence-corrected chi connectivity index (χ4v) is 4.93. The first kappa shape index (κ1) is 26.4. The normalized spacial score (nSPS) is 16.6. The van der Waals surface area contributed by atoms with E-state index in [9.17, 15) is 0 Å². The third kappa shape index (κ3) is 6.64. The van der Waals surface area contributed by atoms with Crippen molar-refractivity contribution in [1.82, 2.24) is 0 Å². The van der Waals surface area contributed by atoms with Gasteiger partial charge in [-0.2, -0.15) is 10.8 Å². The van der Waals surface area contributed by atoms with Crippen LogP contribution >= 0.6 is 0 Å². The van der Waals surface area contributed by atoms with Crippen LogP contribution in [0, 0.1) is 25.8 Å². The first-order valence-corrected chi connectivity index (χ1v) is 7.76. The maximum absolute atomic E-state index is 3.54. The summed E-state index contributed by atoms with van der Waals surface area (Å²) in [5.41, 5.74) is 5.74. The van der Waals surface area contributed by atoms with E-state index in [1.807, 2.05) is 0 Å². The second-order valence-electron chi connectivity index (χ2n) is 5.33. The SMILES string of the molecule is CC1=[C-]C(C)C(C)=C1[SiH2]c1cc(C)cc(C)c1.[Cl-].[Cl-].[Cl-].[Ti+4]. The van der Waals surface area contributed by atoms with E-state index >= 15 is 0 Å². The van der Waals surface area contributed by atoms with Crippen molar-refractivity contribution in [2.75, 3.05) is 0 Å². The summed E-state index contributed by atoms with van der Waals surface area (Å²) in [6.45, 7) is 11.1. The van der Waals surface area contributed by atoms with Crippen molar-refractivity contribution in [2.24, 2.45) is 5.92 Å². The Hall–Kier alpha value is 0.501. The Morgan fingerprint density at radius 3 is 1.76 bits per heavy atom. The van der Waals surface area contributed by atoms with Gasteiger partial charge in [0.25, 0.3) is 0 Å². The molecule has 1 aromatic rings. The Labute approximate surface area is 165 Å². The zero-order valence-corrected chi connectivity index (χ0v) is 18.4. The third-order valence-electron chi connectivity index (χ3n) is 3.67. The summed E-state index contributed by atoms with van der Waals surface area (Å²) in [6, 6.07) is 6.97. The van der Waals surface area contributed by atoms with Crippen LogP contribution in [0.1, 0.15) is 31.9 Å². The van der Waals surface area contributed by atoms with Crippen molar-refractivity contribution in [3.05, 3.63) is 51.7 Å². The van der Waals surface area contributed by atoms with Gasteiger partial charge in [0, 0.05) is 9.52 Å². The van der Waals surface area contributed by atoms with Crippen molar-refractivity contribution in [3.8, 4) is 0 Å². The zero-order valence-electron chi connectivity index (χ0n) is 13.2. The molecule has 0 aromatic heterocycles. The molecule has 0 bridgehead atoms. The van der Waals surface area contributed by atoms with Crippen LogP contribution < -0.4 is 42.4 Å². The molecule has 21 heavy (non-hydrogen) atoms. The van der Waals surface area contributed by atoms with Gasteiger partial charge < -0.3 is 37.2 Å². The van der Waals surface area contributed by atoms with Crippen LogP contribution in [0.2, 0.25) is 0 Å².